The molecule has 22 heavy (non-hydrogen) atoms. The Morgan fingerprint density at radius 3 is 2.09 bits per heavy atom. The SMILES string of the molecule is CC(C)CN(CC(C)C)C(=O)NC1CC(=O)N(C(C)(C)C)C1. The topological polar surface area (TPSA) is 52.7 Å². The van der Waals surface area contributed by atoms with Crippen molar-refractivity contribution >= 4 is 11.9 Å². The van der Waals surface area contributed by atoms with Crippen LogP contribution in [0.25, 0.3) is 0 Å². The fourth-order valence-electron chi connectivity index (χ4n) is 2.84. The zero-order chi connectivity index (χ0) is 17.1. The first-order valence-corrected chi connectivity index (χ1v) is 8.36. The molecule has 1 rings (SSSR count). The molecule has 1 atom stereocenters. The zero-order valence-corrected chi connectivity index (χ0v) is 15.3. The van der Waals surface area contributed by atoms with Crippen molar-refractivity contribution < 1.29 is 9.59 Å². The zero-order valence-electron chi connectivity index (χ0n) is 15.3. The summed E-state index contributed by atoms with van der Waals surface area (Å²) in [5, 5.41) is 3.05. The summed E-state index contributed by atoms with van der Waals surface area (Å²) in [6, 6.07) is -0.128. The molecule has 0 bridgehead atoms. The average molecular weight is 311 g/mol. The highest BCUT2D eigenvalue weighted by molar-refractivity contribution is 5.82. The number of likely N-dealkylation sites (tertiary alicyclic amines) is 1. The van der Waals surface area contributed by atoms with E-state index in [4.69, 9.17) is 0 Å². The summed E-state index contributed by atoms with van der Waals surface area (Å²) >= 11 is 0. The lowest BCUT2D eigenvalue weighted by atomic mass is 10.1. The Morgan fingerprint density at radius 2 is 1.73 bits per heavy atom. The molecule has 5 heteroatoms. The quantitative estimate of drug-likeness (QED) is 0.849. The first kappa shape index (κ1) is 18.8. The summed E-state index contributed by atoms with van der Waals surface area (Å²) < 4.78 is 0. The predicted molar refractivity (Wildman–Crippen MR) is 89.7 cm³/mol. The molecule has 0 aromatic rings. The summed E-state index contributed by atoms with van der Waals surface area (Å²) in [5.74, 6) is 0.985. The van der Waals surface area contributed by atoms with Crippen molar-refractivity contribution in [2.45, 2.75) is 66.5 Å². The number of nitrogens with one attached hydrogen (secondary N) is 1. The fraction of sp³-hybridized carbons (Fsp3) is 0.882. The van der Waals surface area contributed by atoms with E-state index in [1.54, 1.807) is 0 Å². The van der Waals surface area contributed by atoms with Crippen LogP contribution in [0.5, 0.6) is 0 Å². The minimum atomic E-state index is -0.188. The fourth-order valence-corrected chi connectivity index (χ4v) is 2.84. The second kappa shape index (κ2) is 7.34. The van der Waals surface area contributed by atoms with Crippen LogP contribution in [0, 0.1) is 11.8 Å². The third-order valence-electron chi connectivity index (χ3n) is 3.72. The van der Waals surface area contributed by atoms with Gasteiger partial charge in [0.05, 0.1) is 6.04 Å². The van der Waals surface area contributed by atoms with E-state index in [1.807, 2.05) is 30.6 Å². The van der Waals surface area contributed by atoms with E-state index < -0.39 is 0 Å². The molecule has 0 aromatic carbocycles. The van der Waals surface area contributed by atoms with Gasteiger partial charge in [-0.15, -0.1) is 0 Å². The number of hydrogen-bond acceptors (Lipinski definition) is 2. The molecule has 0 aliphatic carbocycles. The first-order chi connectivity index (χ1) is 10.0. The summed E-state index contributed by atoms with van der Waals surface area (Å²) in [7, 11) is 0. The molecule has 0 aromatic heterocycles. The van der Waals surface area contributed by atoms with E-state index >= 15 is 0 Å². The van der Waals surface area contributed by atoms with Crippen LogP contribution >= 0.6 is 0 Å². The van der Waals surface area contributed by atoms with Gasteiger partial charge in [0.2, 0.25) is 5.91 Å². The van der Waals surface area contributed by atoms with Gasteiger partial charge in [-0.3, -0.25) is 4.79 Å². The lowest BCUT2D eigenvalue weighted by Crippen LogP contribution is -2.49. The molecule has 1 N–H and O–H groups in total. The van der Waals surface area contributed by atoms with Gasteiger partial charge >= 0.3 is 6.03 Å². The van der Waals surface area contributed by atoms with Gasteiger partial charge in [-0.05, 0) is 32.6 Å². The van der Waals surface area contributed by atoms with Crippen LogP contribution in [0.1, 0.15) is 54.9 Å². The van der Waals surface area contributed by atoms with Crippen molar-refractivity contribution in [2.75, 3.05) is 19.6 Å². The van der Waals surface area contributed by atoms with Crippen molar-refractivity contribution in [2.24, 2.45) is 11.8 Å². The highest BCUT2D eigenvalue weighted by atomic mass is 16.2. The van der Waals surface area contributed by atoms with Crippen molar-refractivity contribution in [1.82, 2.24) is 15.1 Å². The predicted octanol–water partition coefficient (Wildman–Crippen LogP) is 2.71. The maximum absolute atomic E-state index is 12.5. The van der Waals surface area contributed by atoms with Crippen LogP contribution in [0.15, 0.2) is 0 Å². The van der Waals surface area contributed by atoms with Crippen molar-refractivity contribution in [3.05, 3.63) is 0 Å². The second-order valence-electron chi connectivity index (χ2n) is 8.22. The maximum atomic E-state index is 12.5. The number of hydrogen-bond donors (Lipinski definition) is 1. The minimum absolute atomic E-state index is 0.0454. The van der Waals surface area contributed by atoms with Crippen molar-refractivity contribution in [1.29, 1.82) is 0 Å². The molecule has 3 amide bonds. The Bertz CT molecular complexity index is 389. The molecule has 1 heterocycles. The maximum Gasteiger partial charge on any atom is 0.317 e. The van der Waals surface area contributed by atoms with Crippen LogP contribution < -0.4 is 5.32 Å². The van der Waals surface area contributed by atoms with Gasteiger partial charge in [-0.1, -0.05) is 27.7 Å². The number of rotatable bonds is 5. The molecule has 1 aliphatic rings. The molecular weight excluding hydrogens is 278 g/mol. The monoisotopic (exact) mass is 311 g/mol. The van der Waals surface area contributed by atoms with Crippen molar-refractivity contribution in [3.8, 4) is 0 Å². The standard InChI is InChI=1S/C17H33N3O2/c1-12(2)9-19(10-13(3)4)16(22)18-14-8-15(21)20(11-14)17(5,6)7/h12-14H,8-11H2,1-7H3,(H,18,22). The van der Waals surface area contributed by atoms with Crippen LogP contribution in [0.3, 0.4) is 0 Å². The average Bonchev–Trinajstić information content (AvgIpc) is 2.67. The lowest BCUT2D eigenvalue weighted by Gasteiger charge is -2.32. The van der Waals surface area contributed by atoms with Gasteiger partial charge in [0.1, 0.15) is 0 Å². The van der Waals surface area contributed by atoms with Gasteiger partial charge in [0, 0.05) is 31.6 Å². The number of urea groups is 1. The second-order valence-corrected chi connectivity index (χ2v) is 8.22. The minimum Gasteiger partial charge on any atom is -0.336 e. The number of nitrogens with zero attached hydrogens (tertiary/aromatic N) is 2. The third-order valence-corrected chi connectivity index (χ3v) is 3.72. The molecule has 0 saturated carbocycles. The highest BCUT2D eigenvalue weighted by Gasteiger charge is 2.37. The first-order valence-electron chi connectivity index (χ1n) is 8.36. The van der Waals surface area contributed by atoms with E-state index in [1.165, 1.54) is 0 Å². The summed E-state index contributed by atoms with van der Waals surface area (Å²) in [6.45, 7) is 16.6. The number of carbonyl (C=O) groups excluding carboxylic acids is 2. The van der Waals surface area contributed by atoms with E-state index in [0.29, 0.717) is 24.8 Å². The van der Waals surface area contributed by atoms with Gasteiger partial charge in [-0.2, -0.15) is 0 Å². The molecule has 1 aliphatic heterocycles. The van der Waals surface area contributed by atoms with Gasteiger partial charge in [0.25, 0.3) is 0 Å². The van der Waals surface area contributed by atoms with Gasteiger partial charge in [-0.25, -0.2) is 4.79 Å². The number of amides is 3. The Kier molecular flexibility index (Phi) is 6.27. The van der Waals surface area contributed by atoms with Crippen LogP contribution in [-0.2, 0) is 4.79 Å². The van der Waals surface area contributed by atoms with E-state index in [-0.39, 0.29) is 23.5 Å². The Morgan fingerprint density at radius 1 is 1.23 bits per heavy atom. The van der Waals surface area contributed by atoms with E-state index in [0.717, 1.165) is 13.1 Å². The van der Waals surface area contributed by atoms with Gasteiger partial charge < -0.3 is 15.1 Å². The highest BCUT2D eigenvalue weighted by Crippen LogP contribution is 2.22. The molecule has 1 unspecified atom stereocenters. The van der Waals surface area contributed by atoms with Crippen LogP contribution in [0.2, 0.25) is 0 Å². The van der Waals surface area contributed by atoms with Crippen LogP contribution in [0.4, 0.5) is 4.79 Å². The smallest absolute Gasteiger partial charge is 0.317 e. The molecular formula is C17H33N3O2. The molecule has 1 saturated heterocycles. The largest absolute Gasteiger partial charge is 0.336 e. The summed E-state index contributed by atoms with van der Waals surface area (Å²) in [5.41, 5.74) is -0.188. The molecule has 1 fully saturated rings. The van der Waals surface area contributed by atoms with Gasteiger partial charge in [0.15, 0.2) is 0 Å². The molecule has 0 spiro atoms. The third kappa shape index (κ3) is 5.50. The molecule has 128 valence electrons. The summed E-state index contributed by atoms with van der Waals surface area (Å²) in [6.07, 6.45) is 0.403. The Hall–Kier alpha value is -1.26. The van der Waals surface area contributed by atoms with Crippen LogP contribution in [-0.4, -0.2) is 53.0 Å². The Balaban J connectivity index is 2.64. The van der Waals surface area contributed by atoms with E-state index in [2.05, 4.69) is 33.0 Å². The summed E-state index contributed by atoms with van der Waals surface area (Å²) in [4.78, 5) is 28.3. The Labute approximate surface area is 135 Å². The lowest BCUT2D eigenvalue weighted by molar-refractivity contribution is -0.131. The molecule has 5 nitrogen and oxygen atoms in total. The number of carbonyl (C=O) groups is 2. The normalized spacial score (nSPS) is 19.2. The van der Waals surface area contributed by atoms with E-state index in [9.17, 15) is 9.59 Å². The van der Waals surface area contributed by atoms with Crippen molar-refractivity contribution in [3.63, 3.8) is 0 Å². The molecule has 0 radical (unpaired) electrons.